The van der Waals surface area contributed by atoms with Gasteiger partial charge in [0, 0.05) is 6.04 Å². The molecule has 1 aromatic rings. The third-order valence-electron chi connectivity index (χ3n) is 2.83. The Morgan fingerprint density at radius 1 is 1.50 bits per heavy atom. The van der Waals surface area contributed by atoms with Gasteiger partial charge in [-0.15, -0.1) is 0 Å². The van der Waals surface area contributed by atoms with E-state index < -0.39 is 16.1 Å². The summed E-state index contributed by atoms with van der Waals surface area (Å²) in [5, 5.41) is 7.89. The summed E-state index contributed by atoms with van der Waals surface area (Å²) in [5.74, 6) is 0.0107. The number of sulfonamides is 1. The van der Waals surface area contributed by atoms with Crippen molar-refractivity contribution in [2.24, 2.45) is 5.14 Å². The molecule has 110 valence electrons. The molecule has 1 fully saturated rings. The van der Waals surface area contributed by atoms with Crippen LogP contribution in [-0.2, 0) is 14.8 Å². The molecule has 0 radical (unpaired) electrons. The largest absolute Gasteiger partial charge is 0.479 e. The molecule has 1 amide bonds. The molecule has 1 saturated carbocycles. The van der Waals surface area contributed by atoms with Gasteiger partial charge in [0.2, 0.25) is 10.0 Å². The number of rotatable bonds is 5. The van der Waals surface area contributed by atoms with Gasteiger partial charge in [-0.25, -0.2) is 13.6 Å². The van der Waals surface area contributed by atoms with Crippen molar-refractivity contribution >= 4 is 27.5 Å². The maximum atomic E-state index is 11.7. The Labute approximate surface area is 122 Å². The van der Waals surface area contributed by atoms with Gasteiger partial charge in [-0.05, 0) is 38.0 Å². The van der Waals surface area contributed by atoms with Gasteiger partial charge in [-0.1, -0.05) is 11.6 Å². The maximum Gasteiger partial charge on any atom is 0.260 e. The highest BCUT2D eigenvalue weighted by Gasteiger charge is 2.26. The van der Waals surface area contributed by atoms with E-state index in [1.807, 2.05) is 0 Å². The summed E-state index contributed by atoms with van der Waals surface area (Å²) in [5.41, 5.74) is 0. The molecule has 6 nitrogen and oxygen atoms in total. The fraction of sp³-hybridized carbons (Fsp3) is 0.417. The molecule has 3 N–H and O–H groups in total. The first kappa shape index (κ1) is 15.1. The summed E-state index contributed by atoms with van der Waals surface area (Å²) >= 11 is 5.93. The van der Waals surface area contributed by atoms with Gasteiger partial charge in [0.15, 0.2) is 6.10 Å². The lowest BCUT2D eigenvalue weighted by Crippen LogP contribution is -2.37. The highest BCUT2D eigenvalue weighted by molar-refractivity contribution is 7.89. The molecule has 0 aliphatic heterocycles. The van der Waals surface area contributed by atoms with E-state index in [9.17, 15) is 13.2 Å². The van der Waals surface area contributed by atoms with Gasteiger partial charge in [-0.2, -0.15) is 0 Å². The van der Waals surface area contributed by atoms with Crippen molar-refractivity contribution in [1.82, 2.24) is 5.32 Å². The minimum atomic E-state index is -3.81. The Bertz CT molecular complexity index is 628. The molecule has 0 aromatic heterocycles. The number of carbonyl (C=O) groups is 1. The molecule has 1 atom stereocenters. The standard InChI is InChI=1S/C12H15ClN2O4S/c1-7(12(16)15-8-2-3-8)19-11-5-4-9(6-10(11)13)20(14,17)18/h4-8H,2-3H2,1H3,(H,15,16)(H2,14,17,18). The van der Waals surface area contributed by atoms with Crippen LogP contribution < -0.4 is 15.2 Å². The van der Waals surface area contributed by atoms with Crippen LogP contribution in [0.1, 0.15) is 19.8 Å². The van der Waals surface area contributed by atoms with Crippen molar-refractivity contribution in [1.29, 1.82) is 0 Å². The molecule has 1 aliphatic rings. The molecule has 0 spiro atoms. The number of carbonyl (C=O) groups excluding carboxylic acids is 1. The second kappa shape index (κ2) is 5.59. The van der Waals surface area contributed by atoms with E-state index in [0.717, 1.165) is 12.8 Å². The maximum absolute atomic E-state index is 11.7. The van der Waals surface area contributed by atoms with E-state index in [4.69, 9.17) is 21.5 Å². The zero-order valence-corrected chi connectivity index (χ0v) is 12.4. The fourth-order valence-electron chi connectivity index (χ4n) is 1.54. The second-order valence-electron chi connectivity index (χ2n) is 4.68. The van der Waals surface area contributed by atoms with E-state index in [1.165, 1.54) is 18.2 Å². The van der Waals surface area contributed by atoms with Crippen molar-refractivity contribution in [3.8, 4) is 5.75 Å². The second-order valence-corrected chi connectivity index (χ2v) is 6.65. The lowest BCUT2D eigenvalue weighted by Gasteiger charge is -2.15. The van der Waals surface area contributed by atoms with Crippen LogP contribution in [0.2, 0.25) is 5.02 Å². The number of amides is 1. The molecule has 1 unspecified atom stereocenters. The molecule has 20 heavy (non-hydrogen) atoms. The highest BCUT2D eigenvalue weighted by Crippen LogP contribution is 2.28. The van der Waals surface area contributed by atoms with Crippen molar-refractivity contribution in [2.45, 2.75) is 36.8 Å². The lowest BCUT2D eigenvalue weighted by molar-refractivity contribution is -0.127. The summed E-state index contributed by atoms with van der Waals surface area (Å²) in [6, 6.07) is 4.09. The minimum Gasteiger partial charge on any atom is -0.479 e. The Balaban J connectivity index is 2.07. The van der Waals surface area contributed by atoms with E-state index in [-0.39, 0.29) is 27.6 Å². The van der Waals surface area contributed by atoms with Crippen molar-refractivity contribution in [2.75, 3.05) is 0 Å². The van der Waals surface area contributed by atoms with Crippen LogP contribution in [0.5, 0.6) is 5.75 Å². The average Bonchev–Trinajstić information content (AvgIpc) is 3.14. The number of benzene rings is 1. The number of primary sulfonamides is 1. The summed E-state index contributed by atoms with van der Waals surface area (Å²) in [6.45, 7) is 1.60. The minimum absolute atomic E-state index is 0.0857. The summed E-state index contributed by atoms with van der Waals surface area (Å²) in [7, 11) is -3.81. The summed E-state index contributed by atoms with van der Waals surface area (Å²) in [6.07, 6.45) is 1.26. The lowest BCUT2D eigenvalue weighted by atomic mass is 10.3. The molecular formula is C12H15ClN2O4S. The monoisotopic (exact) mass is 318 g/mol. The van der Waals surface area contributed by atoms with Gasteiger partial charge in [0.05, 0.1) is 9.92 Å². The summed E-state index contributed by atoms with van der Waals surface area (Å²) < 4.78 is 27.8. The third kappa shape index (κ3) is 3.84. The number of hydrogen-bond donors (Lipinski definition) is 2. The topological polar surface area (TPSA) is 98.5 Å². The first-order valence-corrected chi connectivity index (χ1v) is 7.99. The van der Waals surface area contributed by atoms with Crippen LogP contribution in [0.3, 0.4) is 0 Å². The van der Waals surface area contributed by atoms with Crippen LogP contribution >= 0.6 is 11.6 Å². The number of hydrogen-bond acceptors (Lipinski definition) is 4. The van der Waals surface area contributed by atoms with E-state index >= 15 is 0 Å². The van der Waals surface area contributed by atoms with E-state index in [2.05, 4.69) is 5.32 Å². The Morgan fingerprint density at radius 3 is 2.65 bits per heavy atom. The molecule has 1 aliphatic carbocycles. The van der Waals surface area contributed by atoms with E-state index in [1.54, 1.807) is 6.92 Å². The average molecular weight is 319 g/mol. The van der Waals surface area contributed by atoms with Gasteiger partial charge in [-0.3, -0.25) is 4.79 Å². The zero-order valence-electron chi connectivity index (χ0n) is 10.8. The molecule has 0 heterocycles. The fourth-order valence-corrected chi connectivity index (χ4v) is 2.37. The molecule has 1 aromatic carbocycles. The number of ether oxygens (including phenoxy) is 1. The Morgan fingerprint density at radius 2 is 2.15 bits per heavy atom. The Kier molecular flexibility index (Phi) is 4.22. The number of nitrogens with two attached hydrogens (primary N) is 1. The molecule has 0 saturated heterocycles. The first-order chi connectivity index (χ1) is 9.27. The van der Waals surface area contributed by atoms with Crippen LogP contribution in [0.15, 0.2) is 23.1 Å². The molecule has 8 heteroatoms. The zero-order chi connectivity index (χ0) is 14.9. The van der Waals surface area contributed by atoms with Crippen LogP contribution in [0.25, 0.3) is 0 Å². The smallest absolute Gasteiger partial charge is 0.260 e. The first-order valence-electron chi connectivity index (χ1n) is 6.07. The van der Waals surface area contributed by atoms with Gasteiger partial charge in [0.1, 0.15) is 5.75 Å². The SMILES string of the molecule is CC(Oc1ccc(S(N)(=O)=O)cc1Cl)C(=O)NC1CC1. The van der Waals surface area contributed by atoms with Gasteiger partial charge < -0.3 is 10.1 Å². The third-order valence-corrected chi connectivity index (χ3v) is 4.03. The summed E-state index contributed by atoms with van der Waals surface area (Å²) in [4.78, 5) is 11.6. The van der Waals surface area contributed by atoms with E-state index in [0.29, 0.717) is 0 Å². The van der Waals surface area contributed by atoms with Gasteiger partial charge >= 0.3 is 0 Å². The predicted molar refractivity (Wildman–Crippen MR) is 74.1 cm³/mol. The normalized spacial score (nSPS) is 16.6. The van der Waals surface area contributed by atoms with Crippen molar-refractivity contribution < 1.29 is 17.9 Å². The van der Waals surface area contributed by atoms with Crippen LogP contribution in [-0.4, -0.2) is 26.5 Å². The highest BCUT2D eigenvalue weighted by atomic mass is 35.5. The van der Waals surface area contributed by atoms with Crippen LogP contribution in [0, 0.1) is 0 Å². The van der Waals surface area contributed by atoms with Crippen molar-refractivity contribution in [3.05, 3.63) is 23.2 Å². The molecule has 2 rings (SSSR count). The van der Waals surface area contributed by atoms with Gasteiger partial charge in [0.25, 0.3) is 5.91 Å². The van der Waals surface area contributed by atoms with Crippen molar-refractivity contribution in [3.63, 3.8) is 0 Å². The quantitative estimate of drug-likeness (QED) is 0.847. The Hall–Kier alpha value is -1.31. The number of halogens is 1. The predicted octanol–water partition coefficient (Wildman–Crippen LogP) is 1.03. The molecule has 0 bridgehead atoms. The van der Waals surface area contributed by atoms with Crippen LogP contribution in [0.4, 0.5) is 0 Å². The molecular weight excluding hydrogens is 304 g/mol. The number of nitrogens with one attached hydrogen (secondary N) is 1.